The maximum absolute atomic E-state index is 5.19. The van der Waals surface area contributed by atoms with Gasteiger partial charge in [0.15, 0.2) is 5.82 Å². The molecule has 0 aliphatic carbocycles. The predicted molar refractivity (Wildman–Crippen MR) is 108 cm³/mol. The van der Waals surface area contributed by atoms with Crippen LogP contribution in [0, 0.1) is 0 Å². The minimum Gasteiger partial charge on any atom is -0.383 e. The number of nitrogens with one attached hydrogen (secondary N) is 1. The minimum absolute atomic E-state index is 0.214. The molecule has 0 saturated carbocycles. The second-order valence-electron chi connectivity index (χ2n) is 6.72. The molecule has 1 atom stereocenters. The lowest BCUT2D eigenvalue weighted by Gasteiger charge is -2.18. The summed E-state index contributed by atoms with van der Waals surface area (Å²) in [5.74, 6) is 0.729. The first kappa shape index (κ1) is 19.2. The average Bonchev–Trinajstić information content (AvgIpc) is 3.44. The molecule has 1 unspecified atom stereocenters. The zero-order chi connectivity index (χ0) is 19.9. The molecule has 9 heteroatoms. The third-order valence-electron chi connectivity index (χ3n) is 4.74. The van der Waals surface area contributed by atoms with Gasteiger partial charge in [-0.25, -0.2) is 9.67 Å². The van der Waals surface area contributed by atoms with Crippen molar-refractivity contribution in [2.75, 3.05) is 20.3 Å². The van der Waals surface area contributed by atoms with E-state index in [4.69, 9.17) is 9.72 Å². The predicted octanol–water partition coefficient (Wildman–Crippen LogP) is 1.83. The molecule has 0 saturated heterocycles. The van der Waals surface area contributed by atoms with Crippen LogP contribution in [0.1, 0.15) is 24.0 Å². The molecule has 0 fully saturated rings. The van der Waals surface area contributed by atoms with E-state index in [0.717, 1.165) is 41.9 Å². The van der Waals surface area contributed by atoms with Gasteiger partial charge in [-0.15, -0.1) is 5.10 Å². The van der Waals surface area contributed by atoms with E-state index in [1.807, 2.05) is 36.8 Å². The van der Waals surface area contributed by atoms with E-state index in [1.54, 1.807) is 18.0 Å². The Labute approximate surface area is 168 Å². The summed E-state index contributed by atoms with van der Waals surface area (Å²) in [5, 5.41) is 17.0. The summed E-state index contributed by atoms with van der Waals surface area (Å²) < 4.78 is 9.03. The summed E-state index contributed by atoms with van der Waals surface area (Å²) in [6.45, 7) is 2.80. The van der Waals surface area contributed by atoms with Crippen molar-refractivity contribution in [3.8, 4) is 0 Å². The van der Waals surface area contributed by atoms with E-state index in [1.165, 1.54) is 0 Å². The van der Waals surface area contributed by atoms with Crippen LogP contribution in [-0.2, 0) is 17.8 Å². The first-order valence-electron chi connectivity index (χ1n) is 9.65. The number of methoxy groups -OCH3 is 1. The molecule has 0 radical (unpaired) electrons. The van der Waals surface area contributed by atoms with Gasteiger partial charge in [0, 0.05) is 31.4 Å². The number of hydrogen-bond donors (Lipinski definition) is 1. The standard InChI is InChI=1S/C20H24N8O/c1-29-14-13-28-20(24-25-26-28)19(22-9-4-11-27-12-10-21-15-27)18-8-7-16-5-2-3-6-17(16)23-18/h2-3,5-8,10,12,15,19,22H,4,9,11,13-14H2,1H3. The number of benzene rings is 1. The number of tetrazole rings is 1. The van der Waals surface area contributed by atoms with E-state index >= 15 is 0 Å². The molecule has 0 spiro atoms. The number of aromatic nitrogens is 7. The molecule has 29 heavy (non-hydrogen) atoms. The number of aryl methyl sites for hydroxylation is 1. The van der Waals surface area contributed by atoms with Gasteiger partial charge in [0.2, 0.25) is 0 Å². The Hall–Kier alpha value is -3.17. The molecular weight excluding hydrogens is 368 g/mol. The number of rotatable bonds is 10. The molecule has 0 aliphatic heterocycles. The highest BCUT2D eigenvalue weighted by Crippen LogP contribution is 2.21. The molecule has 1 aromatic carbocycles. The fraction of sp³-hybridized carbons (Fsp3) is 0.350. The van der Waals surface area contributed by atoms with Crippen molar-refractivity contribution >= 4 is 10.9 Å². The van der Waals surface area contributed by atoms with Gasteiger partial charge in [-0.2, -0.15) is 0 Å². The Morgan fingerprint density at radius 2 is 2.07 bits per heavy atom. The molecule has 150 valence electrons. The number of fused-ring (bicyclic) bond motifs is 1. The third-order valence-corrected chi connectivity index (χ3v) is 4.74. The van der Waals surface area contributed by atoms with Gasteiger partial charge in [-0.1, -0.05) is 24.3 Å². The Morgan fingerprint density at radius 1 is 1.14 bits per heavy atom. The third kappa shape index (κ3) is 4.64. The molecule has 0 amide bonds. The van der Waals surface area contributed by atoms with Gasteiger partial charge in [-0.05, 0) is 35.5 Å². The van der Waals surface area contributed by atoms with Crippen molar-refractivity contribution in [2.45, 2.75) is 25.6 Å². The monoisotopic (exact) mass is 392 g/mol. The Morgan fingerprint density at radius 3 is 2.93 bits per heavy atom. The molecule has 0 aliphatic rings. The smallest absolute Gasteiger partial charge is 0.174 e. The van der Waals surface area contributed by atoms with Crippen LogP contribution in [0.5, 0.6) is 0 Å². The molecule has 1 N–H and O–H groups in total. The lowest BCUT2D eigenvalue weighted by Crippen LogP contribution is -2.28. The van der Waals surface area contributed by atoms with E-state index in [9.17, 15) is 0 Å². The summed E-state index contributed by atoms with van der Waals surface area (Å²) >= 11 is 0. The van der Waals surface area contributed by atoms with Crippen LogP contribution in [0.3, 0.4) is 0 Å². The number of hydrogen-bond acceptors (Lipinski definition) is 7. The SMILES string of the molecule is COCCn1nnnc1C(NCCCn1ccnc1)c1ccc2ccccc2n1. The second kappa shape index (κ2) is 9.35. The highest BCUT2D eigenvalue weighted by atomic mass is 16.5. The quantitative estimate of drug-likeness (QED) is 0.411. The van der Waals surface area contributed by atoms with Gasteiger partial charge in [-0.3, -0.25) is 4.98 Å². The van der Waals surface area contributed by atoms with Crippen LogP contribution in [0.25, 0.3) is 10.9 Å². The van der Waals surface area contributed by atoms with Crippen LogP contribution in [-0.4, -0.2) is 55.0 Å². The van der Waals surface area contributed by atoms with E-state index in [0.29, 0.717) is 13.2 Å². The van der Waals surface area contributed by atoms with Gasteiger partial charge in [0.05, 0.1) is 30.7 Å². The number of pyridine rings is 1. The van der Waals surface area contributed by atoms with Crippen LogP contribution >= 0.6 is 0 Å². The summed E-state index contributed by atoms with van der Waals surface area (Å²) in [6, 6.07) is 12.0. The highest BCUT2D eigenvalue weighted by Gasteiger charge is 2.22. The van der Waals surface area contributed by atoms with Crippen LogP contribution < -0.4 is 5.32 Å². The molecule has 4 aromatic rings. The van der Waals surface area contributed by atoms with E-state index < -0.39 is 0 Å². The van der Waals surface area contributed by atoms with Crippen LogP contribution in [0.4, 0.5) is 0 Å². The largest absolute Gasteiger partial charge is 0.383 e. The fourth-order valence-electron chi connectivity index (χ4n) is 3.25. The zero-order valence-electron chi connectivity index (χ0n) is 16.3. The Kier molecular flexibility index (Phi) is 6.18. The molecule has 3 heterocycles. The van der Waals surface area contributed by atoms with E-state index in [2.05, 4.69) is 42.5 Å². The Balaban J connectivity index is 1.56. The van der Waals surface area contributed by atoms with Crippen molar-refractivity contribution in [3.05, 3.63) is 66.6 Å². The van der Waals surface area contributed by atoms with Crippen LogP contribution in [0.15, 0.2) is 55.1 Å². The lowest BCUT2D eigenvalue weighted by atomic mass is 10.1. The average molecular weight is 392 g/mol. The summed E-state index contributed by atoms with van der Waals surface area (Å²) in [5.41, 5.74) is 1.84. The minimum atomic E-state index is -0.214. The van der Waals surface area contributed by atoms with Crippen molar-refractivity contribution in [3.63, 3.8) is 0 Å². The topological polar surface area (TPSA) is 95.6 Å². The van der Waals surface area contributed by atoms with Crippen LogP contribution in [0.2, 0.25) is 0 Å². The number of ether oxygens (including phenoxy) is 1. The summed E-state index contributed by atoms with van der Waals surface area (Å²) in [6.07, 6.45) is 6.53. The van der Waals surface area contributed by atoms with E-state index in [-0.39, 0.29) is 6.04 Å². The van der Waals surface area contributed by atoms with Gasteiger partial charge < -0.3 is 14.6 Å². The zero-order valence-corrected chi connectivity index (χ0v) is 16.3. The molecular formula is C20H24N8O. The van der Waals surface area contributed by atoms with Crippen molar-refractivity contribution in [2.24, 2.45) is 0 Å². The maximum atomic E-state index is 5.19. The first-order chi connectivity index (χ1) is 14.3. The molecule has 3 aromatic heterocycles. The summed E-state index contributed by atoms with van der Waals surface area (Å²) in [4.78, 5) is 8.95. The summed E-state index contributed by atoms with van der Waals surface area (Å²) in [7, 11) is 1.67. The van der Waals surface area contributed by atoms with Gasteiger partial charge >= 0.3 is 0 Å². The number of nitrogens with zero attached hydrogens (tertiary/aromatic N) is 7. The Bertz CT molecular complexity index is 1030. The molecule has 9 nitrogen and oxygen atoms in total. The van der Waals surface area contributed by atoms with Crippen molar-refractivity contribution in [1.82, 2.24) is 40.1 Å². The number of para-hydroxylation sites is 1. The first-order valence-corrected chi connectivity index (χ1v) is 9.65. The maximum Gasteiger partial charge on any atom is 0.174 e. The number of imidazole rings is 1. The fourth-order valence-corrected chi connectivity index (χ4v) is 3.25. The highest BCUT2D eigenvalue weighted by molar-refractivity contribution is 5.78. The second-order valence-corrected chi connectivity index (χ2v) is 6.72. The van der Waals surface area contributed by atoms with Crippen molar-refractivity contribution in [1.29, 1.82) is 0 Å². The van der Waals surface area contributed by atoms with Gasteiger partial charge in [0.25, 0.3) is 0 Å². The normalized spacial score (nSPS) is 12.4. The molecule has 4 rings (SSSR count). The molecule has 0 bridgehead atoms. The van der Waals surface area contributed by atoms with Crippen molar-refractivity contribution < 1.29 is 4.74 Å². The lowest BCUT2D eigenvalue weighted by molar-refractivity contribution is 0.181. The van der Waals surface area contributed by atoms with Gasteiger partial charge in [0.1, 0.15) is 6.04 Å².